The summed E-state index contributed by atoms with van der Waals surface area (Å²) in [6.45, 7) is 3.51. The molecule has 2 aliphatic heterocycles. The lowest BCUT2D eigenvalue weighted by Crippen LogP contribution is -2.61. The largest absolute Gasteiger partial charge is 0.457 e. The van der Waals surface area contributed by atoms with Crippen LogP contribution in [0.15, 0.2) is 48.6 Å². The fourth-order valence-corrected chi connectivity index (χ4v) is 7.53. The summed E-state index contributed by atoms with van der Waals surface area (Å²) in [7, 11) is 0. The van der Waals surface area contributed by atoms with Crippen LogP contribution < -0.4 is 0 Å². The quantitative estimate of drug-likeness (QED) is 0.0193. The average molecular weight is 913 g/mol. The first-order chi connectivity index (χ1) is 31.1. The van der Waals surface area contributed by atoms with Crippen LogP contribution in [0.25, 0.3) is 0 Å². The molecule has 0 aliphatic carbocycles. The van der Waals surface area contributed by atoms with Crippen molar-refractivity contribution in [3.8, 4) is 0 Å². The number of carbonyl (C=O) groups excluding carboxylic acids is 1. The van der Waals surface area contributed by atoms with E-state index < -0.39 is 86.7 Å². The van der Waals surface area contributed by atoms with E-state index in [-0.39, 0.29) is 19.6 Å². The highest BCUT2D eigenvalue weighted by molar-refractivity contribution is 5.69. The number of esters is 1. The molecule has 0 amide bonds. The van der Waals surface area contributed by atoms with Crippen molar-refractivity contribution in [2.24, 2.45) is 0 Å². The van der Waals surface area contributed by atoms with E-state index in [1.54, 1.807) is 0 Å². The molecule has 2 rings (SSSR count). The zero-order valence-corrected chi connectivity index (χ0v) is 39.3. The molecular weight excluding hydrogens is 825 g/mol. The summed E-state index contributed by atoms with van der Waals surface area (Å²) in [5.74, 6) is -0.391. The summed E-state index contributed by atoms with van der Waals surface area (Å²) in [6.07, 6.45) is 26.0. The lowest BCUT2D eigenvalue weighted by molar-refractivity contribution is -0.332. The van der Waals surface area contributed by atoms with Crippen LogP contribution in [0.5, 0.6) is 0 Å². The van der Waals surface area contributed by atoms with Gasteiger partial charge in [-0.2, -0.15) is 0 Å². The highest BCUT2D eigenvalue weighted by Crippen LogP contribution is 2.26. The summed E-state index contributed by atoms with van der Waals surface area (Å²) >= 11 is 0. The van der Waals surface area contributed by atoms with E-state index in [1.165, 1.54) is 51.4 Å². The molecule has 0 bridgehead atoms. The minimum Gasteiger partial charge on any atom is -0.457 e. The van der Waals surface area contributed by atoms with Gasteiger partial charge >= 0.3 is 5.97 Å². The first-order valence-electron chi connectivity index (χ1n) is 24.7. The zero-order chi connectivity index (χ0) is 46.6. The van der Waals surface area contributed by atoms with Crippen LogP contribution in [0.4, 0.5) is 0 Å². The average Bonchev–Trinajstić information content (AvgIpc) is 3.29. The smallest absolute Gasteiger partial charge is 0.306 e. The Morgan fingerprint density at radius 2 is 1.02 bits per heavy atom. The number of aliphatic hydroxyl groups is 7. The molecule has 0 aromatic carbocycles. The van der Waals surface area contributed by atoms with E-state index in [2.05, 4.69) is 62.5 Å². The second kappa shape index (κ2) is 38.0. The molecule has 0 aromatic heterocycles. The summed E-state index contributed by atoms with van der Waals surface area (Å²) < 4.78 is 34.2. The van der Waals surface area contributed by atoms with Crippen molar-refractivity contribution in [3.05, 3.63) is 48.6 Å². The third kappa shape index (κ3) is 25.7. The fourth-order valence-electron chi connectivity index (χ4n) is 7.53. The molecule has 2 fully saturated rings. The molecule has 64 heavy (non-hydrogen) atoms. The molecule has 7 N–H and O–H groups in total. The van der Waals surface area contributed by atoms with E-state index in [9.17, 15) is 40.5 Å². The lowest BCUT2D eigenvalue weighted by atomic mass is 9.98. The Kier molecular flexibility index (Phi) is 34.5. The standard InChI is InChI=1S/C50H88O14/c1-3-5-7-9-11-13-15-17-18-19-20-21-22-24-26-28-30-32-34-59-36-39(62-42(52)33-31-29-27-25-23-16-14-12-10-8-6-4-2)37-60-49-48(58)46(56)44(54)41(64-49)38-61-50-47(57)45(55)43(53)40(35-51)63-50/h5,7,11-14,17-18,39-41,43-51,53-58H,3-4,6,8-10,15-16,19-38H2,1-2H3/b7-5-,13-11-,14-12-,18-17-. The van der Waals surface area contributed by atoms with Gasteiger partial charge in [0.05, 0.1) is 26.4 Å². The van der Waals surface area contributed by atoms with Crippen LogP contribution >= 0.6 is 0 Å². The number of ether oxygens (including phenoxy) is 6. The van der Waals surface area contributed by atoms with Gasteiger partial charge in [0.15, 0.2) is 12.6 Å². The first-order valence-corrected chi connectivity index (χ1v) is 24.7. The monoisotopic (exact) mass is 913 g/mol. The number of allylic oxidation sites excluding steroid dienone is 8. The van der Waals surface area contributed by atoms with Gasteiger partial charge in [-0.1, -0.05) is 133 Å². The Balaban J connectivity index is 1.78. The number of carbonyl (C=O) groups is 1. The second-order valence-corrected chi connectivity index (χ2v) is 17.3. The van der Waals surface area contributed by atoms with Crippen LogP contribution in [-0.2, 0) is 33.2 Å². The summed E-state index contributed by atoms with van der Waals surface area (Å²) in [6, 6.07) is 0. The predicted octanol–water partition coefficient (Wildman–Crippen LogP) is 6.79. The van der Waals surface area contributed by atoms with Crippen molar-refractivity contribution >= 4 is 5.97 Å². The maximum Gasteiger partial charge on any atom is 0.306 e. The third-order valence-electron chi connectivity index (χ3n) is 11.6. The van der Waals surface area contributed by atoms with Gasteiger partial charge in [0.2, 0.25) is 0 Å². The van der Waals surface area contributed by atoms with Gasteiger partial charge in [-0.15, -0.1) is 0 Å². The normalized spacial score (nSPS) is 27.1. The fraction of sp³-hybridized carbons (Fsp3) is 0.820. The van der Waals surface area contributed by atoms with E-state index in [0.717, 1.165) is 83.5 Å². The van der Waals surface area contributed by atoms with Crippen LogP contribution in [-0.4, -0.2) is 142 Å². The van der Waals surface area contributed by atoms with Crippen molar-refractivity contribution in [2.75, 3.05) is 33.0 Å². The van der Waals surface area contributed by atoms with Gasteiger partial charge in [-0.05, 0) is 70.6 Å². The number of aliphatic hydroxyl groups excluding tert-OH is 7. The molecule has 11 unspecified atom stereocenters. The molecule has 372 valence electrons. The molecular formula is C50H88O14. The molecule has 11 atom stereocenters. The molecule has 0 spiro atoms. The highest BCUT2D eigenvalue weighted by Gasteiger charge is 2.47. The van der Waals surface area contributed by atoms with Gasteiger partial charge in [0.25, 0.3) is 0 Å². The van der Waals surface area contributed by atoms with E-state index in [1.807, 2.05) is 0 Å². The summed E-state index contributed by atoms with van der Waals surface area (Å²) in [4.78, 5) is 13.0. The van der Waals surface area contributed by atoms with Gasteiger partial charge < -0.3 is 64.2 Å². The van der Waals surface area contributed by atoms with E-state index in [4.69, 9.17) is 28.4 Å². The number of hydrogen-bond acceptors (Lipinski definition) is 14. The number of hydrogen-bond donors (Lipinski definition) is 7. The van der Waals surface area contributed by atoms with Gasteiger partial charge in [0.1, 0.15) is 54.9 Å². The minimum absolute atomic E-state index is 0.0520. The van der Waals surface area contributed by atoms with E-state index >= 15 is 0 Å². The highest BCUT2D eigenvalue weighted by atomic mass is 16.7. The van der Waals surface area contributed by atoms with Gasteiger partial charge in [-0.3, -0.25) is 4.79 Å². The maximum absolute atomic E-state index is 13.0. The molecule has 0 saturated carbocycles. The Morgan fingerprint density at radius 1 is 0.531 bits per heavy atom. The summed E-state index contributed by atoms with van der Waals surface area (Å²) in [5.41, 5.74) is 0. The van der Waals surface area contributed by atoms with Crippen molar-refractivity contribution in [1.29, 1.82) is 0 Å². The molecule has 14 nitrogen and oxygen atoms in total. The topological polar surface area (TPSA) is 214 Å². The molecule has 2 saturated heterocycles. The Morgan fingerprint density at radius 3 is 1.61 bits per heavy atom. The zero-order valence-electron chi connectivity index (χ0n) is 39.3. The first kappa shape index (κ1) is 58.1. The maximum atomic E-state index is 13.0. The van der Waals surface area contributed by atoms with Crippen molar-refractivity contribution in [2.45, 2.75) is 229 Å². The van der Waals surface area contributed by atoms with E-state index in [0.29, 0.717) is 13.0 Å². The second-order valence-electron chi connectivity index (χ2n) is 17.3. The molecule has 2 heterocycles. The van der Waals surface area contributed by atoms with Crippen molar-refractivity contribution in [1.82, 2.24) is 0 Å². The van der Waals surface area contributed by atoms with Crippen LogP contribution in [0.1, 0.15) is 162 Å². The third-order valence-corrected chi connectivity index (χ3v) is 11.6. The van der Waals surface area contributed by atoms with Crippen molar-refractivity contribution in [3.63, 3.8) is 0 Å². The van der Waals surface area contributed by atoms with Crippen LogP contribution in [0, 0.1) is 0 Å². The van der Waals surface area contributed by atoms with Crippen molar-refractivity contribution < 1.29 is 69.0 Å². The lowest BCUT2D eigenvalue weighted by Gasteiger charge is -2.42. The number of rotatable bonds is 38. The van der Waals surface area contributed by atoms with Gasteiger partial charge in [0, 0.05) is 13.0 Å². The molecule has 0 radical (unpaired) electrons. The Hall–Kier alpha value is -2.05. The Labute approximate surface area is 384 Å². The van der Waals surface area contributed by atoms with Crippen LogP contribution in [0.3, 0.4) is 0 Å². The van der Waals surface area contributed by atoms with Crippen LogP contribution in [0.2, 0.25) is 0 Å². The predicted molar refractivity (Wildman–Crippen MR) is 247 cm³/mol. The molecule has 0 aromatic rings. The minimum atomic E-state index is -1.71. The SMILES string of the molecule is CC/C=C\C/C=C\C/C=C\CCCCCCCCCCOCC(COC1OC(COC2OC(CO)C(O)C(O)C2O)C(O)C(O)C1O)OC(=O)CCCCCCC/C=C\CCCCC. The summed E-state index contributed by atoms with van der Waals surface area (Å²) in [5, 5.41) is 72.0. The Bertz CT molecular complexity index is 1240. The molecule has 14 heteroatoms. The molecule has 2 aliphatic rings. The number of unbranched alkanes of at least 4 members (excludes halogenated alkanes) is 16. The van der Waals surface area contributed by atoms with Gasteiger partial charge in [-0.25, -0.2) is 0 Å².